The van der Waals surface area contributed by atoms with Crippen molar-refractivity contribution in [2.45, 2.75) is 31.2 Å². The molecule has 0 aromatic heterocycles. The monoisotopic (exact) mass is 759 g/mol. The predicted octanol–water partition coefficient (Wildman–Crippen LogP) is 1.90. The molecule has 32 heavy (non-hydrogen) atoms. The minimum absolute atomic E-state index is 0. The standard InChI is InChI=1S/C15H25NO8P2.CH3O.CH3S.W.Y/c1-21-25(17,8-7-16)24-14-10-13(9-12-5-3-2-4-6-12)23-15(14)11-22-26(18,19)20;2*1-2;;/h2-6,13-15H,7-11,16H2,1H3,(H2,18,19,20);2*2H,1H2;;/q;2*-1;+2;/p-1/t13-,14-,15+,25?;;;;/m0..../s1. The van der Waals surface area contributed by atoms with Gasteiger partial charge in [0.05, 0.1) is 25.0 Å². The van der Waals surface area contributed by atoms with Gasteiger partial charge in [0.15, 0.2) is 0 Å². The molecule has 0 bridgehead atoms. The van der Waals surface area contributed by atoms with E-state index in [1.54, 1.807) is 0 Å². The summed E-state index contributed by atoms with van der Waals surface area (Å²) in [7, 11) is -4.83. The summed E-state index contributed by atoms with van der Waals surface area (Å²) < 4.78 is 44.3. The molecule has 5 atom stereocenters. The van der Waals surface area contributed by atoms with E-state index >= 15 is 0 Å². The Hall–Kier alpha value is 1.50. The summed E-state index contributed by atoms with van der Waals surface area (Å²) in [5.41, 5.74) is 6.48. The first-order valence-corrected chi connectivity index (χ1v) is 12.6. The number of hydrogen-bond acceptors (Lipinski definition) is 10. The molecule has 1 aromatic carbocycles. The average Bonchev–Trinajstić information content (AvgIpc) is 3.10. The van der Waals surface area contributed by atoms with Gasteiger partial charge in [0.25, 0.3) is 7.82 Å². The van der Waals surface area contributed by atoms with Gasteiger partial charge in [0.1, 0.15) is 6.10 Å². The molecule has 1 radical (unpaired) electrons. The van der Waals surface area contributed by atoms with Gasteiger partial charge in [-0.05, 0) is 12.0 Å². The van der Waals surface area contributed by atoms with Crippen molar-refractivity contribution < 1.29 is 96.1 Å². The van der Waals surface area contributed by atoms with Crippen LogP contribution >= 0.6 is 28.0 Å². The number of ether oxygens (including phenoxy) is 1. The second-order valence-electron chi connectivity index (χ2n) is 5.94. The molecule has 1 aromatic rings. The Bertz CT molecular complexity index is 675. The summed E-state index contributed by atoms with van der Waals surface area (Å²) in [6, 6.07) is 9.59. The predicted molar refractivity (Wildman–Crippen MR) is 114 cm³/mol. The molecule has 0 saturated carbocycles. The van der Waals surface area contributed by atoms with E-state index in [1.807, 2.05) is 30.3 Å². The van der Waals surface area contributed by atoms with Crippen LogP contribution in [-0.2, 0) is 87.6 Å². The molecule has 1 saturated heterocycles. The summed E-state index contributed by atoms with van der Waals surface area (Å²) in [4.78, 5) is 19.7. The number of benzene rings is 1. The van der Waals surface area contributed by atoms with Crippen LogP contribution in [0.5, 0.6) is 0 Å². The zero-order valence-electron chi connectivity index (χ0n) is 17.7. The summed E-state index contributed by atoms with van der Waals surface area (Å²) >= 11 is 3.28. The van der Waals surface area contributed by atoms with Gasteiger partial charge in [-0.2, -0.15) is 0 Å². The summed E-state index contributed by atoms with van der Waals surface area (Å²) in [5, 5.41) is 6.75. The maximum Gasteiger partial charge on any atom is 2.00 e. The van der Waals surface area contributed by atoms with Gasteiger partial charge < -0.3 is 51.6 Å². The van der Waals surface area contributed by atoms with Crippen molar-refractivity contribution >= 4 is 28.0 Å². The van der Waals surface area contributed by atoms with Gasteiger partial charge >= 0.3 is 28.7 Å². The Morgan fingerprint density at radius 2 is 1.84 bits per heavy atom. The molecule has 10 nitrogen and oxygen atoms in total. The summed E-state index contributed by atoms with van der Waals surface area (Å²) in [6.45, 7) is -0.334. The van der Waals surface area contributed by atoms with Crippen molar-refractivity contribution in [3.63, 3.8) is 0 Å². The van der Waals surface area contributed by atoms with Crippen molar-refractivity contribution in [2.24, 2.45) is 5.73 Å². The fourth-order valence-electron chi connectivity index (χ4n) is 2.79. The second-order valence-corrected chi connectivity index (χ2v) is 9.38. The first-order valence-electron chi connectivity index (χ1n) is 8.79. The van der Waals surface area contributed by atoms with Crippen LogP contribution in [0, 0.1) is 13.4 Å². The molecule has 1 aliphatic heterocycles. The fraction of sp³-hybridized carbons (Fsp3) is 0.529. The van der Waals surface area contributed by atoms with Crippen molar-refractivity contribution in [1.29, 1.82) is 0 Å². The summed E-state index contributed by atoms with van der Waals surface area (Å²) in [6.07, 6.45) is 2.09. The molecule has 2 unspecified atom stereocenters. The molecule has 1 fully saturated rings. The van der Waals surface area contributed by atoms with Crippen molar-refractivity contribution in [3.8, 4) is 0 Å². The largest absolute Gasteiger partial charge is 2.00 e. The smallest absolute Gasteiger partial charge is 0.756 e. The Balaban J connectivity index is -0.00000132. The molecule has 1 aliphatic rings. The van der Waals surface area contributed by atoms with Crippen molar-refractivity contribution in [3.05, 3.63) is 49.3 Å². The zero-order chi connectivity index (χ0) is 23.2. The molecule has 4 N–H and O–H groups in total. The van der Waals surface area contributed by atoms with Crippen LogP contribution in [0.3, 0.4) is 0 Å². The van der Waals surface area contributed by atoms with Gasteiger partial charge in [-0.25, -0.2) is 7.11 Å². The summed E-state index contributed by atoms with van der Waals surface area (Å²) in [5.74, 6) is 0. The number of phosphoric acid groups is 1. The van der Waals surface area contributed by atoms with Crippen LogP contribution in [0.2, 0.25) is 0 Å². The van der Waals surface area contributed by atoms with Crippen molar-refractivity contribution in [1.82, 2.24) is 0 Å². The molecule has 1 heterocycles. The van der Waals surface area contributed by atoms with Gasteiger partial charge in [-0.1, -0.05) is 30.3 Å². The average molecular weight is 759 g/mol. The van der Waals surface area contributed by atoms with Crippen LogP contribution in [0.1, 0.15) is 12.0 Å². The number of aliphatic hydroxyl groups is 1. The van der Waals surface area contributed by atoms with E-state index in [-0.39, 0.29) is 72.6 Å². The van der Waals surface area contributed by atoms with Gasteiger partial charge in [-0.15, -0.1) is 0 Å². The first kappa shape index (κ1) is 38.0. The zero-order valence-corrected chi connectivity index (χ0v) is 26.2. The van der Waals surface area contributed by atoms with E-state index in [1.165, 1.54) is 7.11 Å². The molecule has 0 aliphatic carbocycles. The number of phosphoric ester groups is 1. The maximum absolute atomic E-state index is 12.6. The second kappa shape index (κ2) is 20.7. The number of hydrogen-bond donors (Lipinski definition) is 4. The van der Waals surface area contributed by atoms with Crippen LogP contribution < -0.4 is 10.6 Å². The van der Waals surface area contributed by atoms with E-state index in [0.717, 1.165) is 5.56 Å². The van der Waals surface area contributed by atoms with Gasteiger partial charge in [-0.3, -0.25) is 15.4 Å². The molecule has 0 amide bonds. The third-order valence-electron chi connectivity index (χ3n) is 3.96. The SMILES string of the molecule is COP(=O)(CCN)O[C@H]1C[C@H](Cc2ccccc2)O[C@@H]1COP(=O)([O-])O.[CH2-]O.[CH2-]S.[W+2].[Y]. The molecule has 15 heteroatoms. The Kier molecular flexibility index (Phi) is 24.6. The van der Waals surface area contributed by atoms with Gasteiger partial charge in [0, 0.05) is 52.8 Å². The molecular weight excluding hydrogens is 729 g/mol. The van der Waals surface area contributed by atoms with E-state index in [9.17, 15) is 14.0 Å². The number of nitrogens with two attached hydrogens (primary N) is 1. The third kappa shape index (κ3) is 15.5. The molecule has 183 valence electrons. The van der Waals surface area contributed by atoms with Crippen LogP contribution in [-0.4, -0.2) is 54.7 Å². The van der Waals surface area contributed by atoms with E-state index < -0.39 is 34.2 Å². The van der Waals surface area contributed by atoms with Crippen LogP contribution in [0.25, 0.3) is 0 Å². The van der Waals surface area contributed by atoms with E-state index in [4.69, 9.17) is 29.5 Å². The fourth-order valence-corrected chi connectivity index (χ4v) is 4.45. The number of aliphatic hydroxyl groups excluding tert-OH is 1. The molecule has 0 spiro atoms. The quantitative estimate of drug-likeness (QED) is 0.158. The van der Waals surface area contributed by atoms with E-state index in [2.05, 4.69) is 30.5 Å². The minimum atomic E-state index is -4.91. The Morgan fingerprint density at radius 3 is 2.31 bits per heavy atom. The molecule has 2 rings (SSSR count). The Morgan fingerprint density at radius 1 is 1.28 bits per heavy atom. The number of thiol groups is 1. The van der Waals surface area contributed by atoms with E-state index in [0.29, 0.717) is 12.8 Å². The van der Waals surface area contributed by atoms with Crippen LogP contribution in [0.4, 0.5) is 0 Å². The normalized spacial score (nSPS) is 22.9. The van der Waals surface area contributed by atoms with Gasteiger partial charge in [0.2, 0.25) is 0 Å². The maximum atomic E-state index is 12.6. The topological polar surface area (TPSA) is 161 Å². The number of rotatable bonds is 10. The third-order valence-corrected chi connectivity index (χ3v) is 6.39. The molecular formula is C17H30NO9P2SWY-. The first-order chi connectivity index (χ1) is 14.2. The Labute approximate surface area is 235 Å². The van der Waals surface area contributed by atoms with Crippen LogP contribution in [0.15, 0.2) is 30.3 Å². The minimum Gasteiger partial charge on any atom is -0.756 e. The van der Waals surface area contributed by atoms with Crippen molar-refractivity contribution in [2.75, 3.05) is 26.4 Å².